The first-order chi connectivity index (χ1) is 6.74. The molecule has 0 unspecified atom stereocenters. The van der Waals surface area contributed by atoms with Crippen LogP contribution in [0.5, 0.6) is 0 Å². The number of nitrogens with one attached hydrogen (secondary N) is 1. The van der Waals surface area contributed by atoms with Gasteiger partial charge in [0.05, 0.1) is 0 Å². The topological polar surface area (TPSA) is 37.8 Å². The minimum Gasteiger partial charge on any atom is -0.316 e. The molecule has 1 N–H and O–H groups in total. The van der Waals surface area contributed by atoms with E-state index in [1.807, 2.05) is 19.9 Å². The monoisotopic (exact) mass is 191 g/mol. The van der Waals surface area contributed by atoms with Gasteiger partial charge in [-0.2, -0.15) is 0 Å². The Hall–Kier alpha value is -0.960. The van der Waals surface area contributed by atoms with E-state index in [2.05, 4.69) is 15.3 Å². The Labute approximate surface area is 85.0 Å². The fourth-order valence-corrected chi connectivity index (χ4v) is 2.04. The van der Waals surface area contributed by atoms with Gasteiger partial charge < -0.3 is 5.32 Å². The molecule has 1 saturated heterocycles. The van der Waals surface area contributed by atoms with Crippen LogP contribution < -0.4 is 5.32 Å². The molecule has 0 spiro atoms. The summed E-state index contributed by atoms with van der Waals surface area (Å²) in [5, 5.41) is 3.37. The van der Waals surface area contributed by atoms with E-state index < -0.39 is 0 Å². The first-order valence-corrected chi connectivity index (χ1v) is 5.26. The largest absolute Gasteiger partial charge is 0.316 e. The van der Waals surface area contributed by atoms with Crippen LogP contribution in [0.25, 0.3) is 0 Å². The van der Waals surface area contributed by atoms with Crippen LogP contribution in [-0.2, 0) is 6.42 Å². The molecule has 1 aliphatic heterocycles. The third-order valence-corrected chi connectivity index (χ3v) is 2.66. The van der Waals surface area contributed by atoms with E-state index >= 15 is 0 Å². The third-order valence-electron chi connectivity index (χ3n) is 2.66. The highest BCUT2D eigenvalue weighted by Gasteiger charge is 2.16. The molecule has 76 valence electrons. The van der Waals surface area contributed by atoms with Crippen molar-refractivity contribution in [2.24, 2.45) is 5.92 Å². The molecule has 1 aliphatic rings. The van der Waals surface area contributed by atoms with Crippen LogP contribution >= 0.6 is 0 Å². The number of aryl methyl sites for hydroxylation is 2. The first kappa shape index (κ1) is 9.59. The lowest BCUT2D eigenvalue weighted by Gasteiger charge is -2.07. The van der Waals surface area contributed by atoms with Crippen LogP contribution in [0.1, 0.15) is 23.6 Å². The van der Waals surface area contributed by atoms with Crippen molar-refractivity contribution in [3.8, 4) is 0 Å². The summed E-state index contributed by atoms with van der Waals surface area (Å²) >= 11 is 0. The van der Waals surface area contributed by atoms with E-state index in [0.29, 0.717) is 0 Å². The van der Waals surface area contributed by atoms with Gasteiger partial charge in [0, 0.05) is 17.8 Å². The zero-order valence-corrected chi connectivity index (χ0v) is 8.88. The Morgan fingerprint density at radius 1 is 1.36 bits per heavy atom. The van der Waals surface area contributed by atoms with Crippen molar-refractivity contribution >= 4 is 0 Å². The molecule has 2 heterocycles. The fraction of sp³-hybridized carbons (Fsp3) is 0.636. The lowest BCUT2D eigenvalue weighted by Crippen LogP contribution is -2.12. The van der Waals surface area contributed by atoms with Gasteiger partial charge in [-0.25, -0.2) is 9.97 Å². The SMILES string of the molecule is Cc1cc(C)nc(C[C@@H]2CCNC2)n1. The Morgan fingerprint density at radius 2 is 2.07 bits per heavy atom. The van der Waals surface area contributed by atoms with Gasteiger partial charge in [0.2, 0.25) is 0 Å². The van der Waals surface area contributed by atoms with Crippen molar-refractivity contribution in [3.63, 3.8) is 0 Å². The highest BCUT2D eigenvalue weighted by Crippen LogP contribution is 2.13. The minimum atomic E-state index is 0.733. The van der Waals surface area contributed by atoms with Gasteiger partial charge in [-0.1, -0.05) is 0 Å². The molecule has 0 aromatic carbocycles. The van der Waals surface area contributed by atoms with E-state index in [4.69, 9.17) is 0 Å². The van der Waals surface area contributed by atoms with Crippen molar-refractivity contribution in [1.29, 1.82) is 0 Å². The Kier molecular flexibility index (Phi) is 2.77. The second-order valence-electron chi connectivity index (χ2n) is 4.13. The van der Waals surface area contributed by atoms with Crippen molar-refractivity contribution in [3.05, 3.63) is 23.3 Å². The van der Waals surface area contributed by atoms with Crippen molar-refractivity contribution < 1.29 is 0 Å². The summed E-state index contributed by atoms with van der Waals surface area (Å²) in [5.41, 5.74) is 2.16. The maximum absolute atomic E-state index is 4.46. The summed E-state index contributed by atoms with van der Waals surface area (Å²) in [5.74, 6) is 1.74. The molecule has 0 aliphatic carbocycles. The molecule has 1 atom stereocenters. The van der Waals surface area contributed by atoms with Crippen molar-refractivity contribution in [2.45, 2.75) is 26.7 Å². The normalized spacial score (nSPS) is 21.4. The Balaban J connectivity index is 2.07. The zero-order valence-electron chi connectivity index (χ0n) is 8.88. The molecule has 14 heavy (non-hydrogen) atoms. The predicted octanol–water partition coefficient (Wildman–Crippen LogP) is 1.25. The molecule has 1 aromatic rings. The summed E-state index contributed by atoms with van der Waals surface area (Å²) in [4.78, 5) is 8.92. The maximum Gasteiger partial charge on any atom is 0.129 e. The molecule has 1 aromatic heterocycles. The number of nitrogens with zero attached hydrogens (tertiary/aromatic N) is 2. The molecule has 0 amide bonds. The highest BCUT2D eigenvalue weighted by molar-refractivity contribution is 5.08. The van der Waals surface area contributed by atoms with Crippen LogP contribution in [0, 0.1) is 19.8 Å². The minimum absolute atomic E-state index is 0.733. The van der Waals surface area contributed by atoms with E-state index in [0.717, 1.165) is 42.6 Å². The van der Waals surface area contributed by atoms with Gasteiger partial charge in [-0.3, -0.25) is 0 Å². The quantitative estimate of drug-likeness (QED) is 0.764. The molecule has 0 bridgehead atoms. The number of rotatable bonds is 2. The maximum atomic E-state index is 4.46. The van der Waals surface area contributed by atoms with E-state index in [-0.39, 0.29) is 0 Å². The summed E-state index contributed by atoms with van der Waals surface area (Å²) in [6.45, 7) is 6.34. The Morgan fingerprint density at radius 3 is 2.64 bits per heavy atom. The van der Waals surface area contributed by atoms with Gasteiger partial charge in [-0.05, 0) is 45.3 Å². The molecular formula is C11H17N3. The lowest BCUT2D eigenvalue weighted by molar-refractivity contribution is 0.559. The smallest absolute Gasteiger partial charge is 0.129 e. The number of aromatic nitrogens is 2. The van der Waals surface area contributed by atoms with Gasteiger partial charge in [0.25, 0.3) is 0 Å². The summed E-state index contributed by atoms with van der Waals surface area (Å²) in [7, 11) is 0. The molecule has 0 saturated carbocycles. The molecule has 3 nitrogen and oxygen atoms in total. The second kappa shape index (κ2) is 4.05. The summed E-state index contributed by atoms with van der Waals surface area (Å²) in [6.07, 6.45) is 2.28. The van der Waals surface area contributed by atoms with Crippen molar-refractivity contribution in [1.82, 2.24) is 15.3 Å². The molecule has 2 rings (SSSR count). The zero-order chi connectivity index (χ0) is 9.97. The average molecular weight is 191 g/mol. The van der Waals surface area contributed by atoms with Crippen LogP contribution in [0.4, 0.5) is 0 Å². The van der Waals surface area contributed by atoms with Crippen LogP contribution in [0.2, 0.25) is 0 Å². The molecular weight excluding hydrogens is 174 g/mol. The molecule has 1 fully saturated rings. The van der Waals surface area contributed by atoms with Gasteiger partial charge in [0.1, 0.15) is 5.82 Å². The van der Waals surface area contributed by atoms with Gasteiger partial charge >= 0.3 is 0 Å². The van der Waals surface area contributed by atoms with Crippen molar-refractivity contribution in [2.75, 3.05) is 13.1 Å². The number of hydrogen-bond donors (Lipinski definition) is 1. The Bertz CT molecular complexity index is 296. The van der Waals surface area contributed by atoms with Gasteiger partial charge in [-0.15, -0.1) is 0 Å². The molecule has 3 heteroatoms. The van der Waals surface area contributed by atoms with Gasteiger partial charge in [0.15, 0.2) is 0 Å². The number of hydrogen-bond acceptors (Lipinski definition) is 3. The fourth-order valence-electron chi connectivity index (χ4n) is 2.04. The van der Waals surface area contributed by atoms with Crippen LogP contribution in [-0.4, -0.2) is 23.1 Å². The van der Waals surface area contributed by atoms with Crippen LogP contribution in [0.3, 0.4) is 0 Å². The highest BCUT2D eigenvalue weighted by atomic mass is 14.9. The lowest BCUT2D eigenvalue weighted by atomic mass is 10.0. The van der Waals surface area contributed by atoms with E-state index in [9.17, 15) is 0 Å². The molecule has 0 radical (unpaired) electrons. The van der Waals surface area contributed by atoms with Crippen LogP contribution in [0.15, 0.2) is 6.07 Å². The van der Waals surface area contributed by atoms with E-state index in [1.165, 1.54) is 6.42 Å². The first-order valence-electron chi connectivity index (χ1n) is 5.26. The third kappa shape index (κ3) is 2.29. The second-order valence-corrected chi connectivity index (χ2v) is 4.13. The van der Waals surface area contributed by atoms with E-state index in [1.54, 1.807) is 0 Å². The summed E-state index contributed by atoms with van der Waals surface area (Å²) in [6, 6.07) is 2.02. The average Bonchev–Trinajstić information content (AvgIpc) is 2.54. The standard InChI is InChI=1S/C11H17N3/c1-8-5-9(2)14-11(13-8)6-10-3-4-12-7-10/h5,10,12H,3-4,6-7H2,1-2H3/t10-/m0/s1. The summed E-state index contributed by atoms with van der Waals surface area (Å²) < 4.78 is 0. The predicted molar refractivity (Wildman–Crippen MR) is 56.2 cm³/mol.